The first-order valence-corrected chi connectivity index (χ1v) is 9.65. The summed E-state index contributed by atoms with van der Waals surface area (Å²) in [6.07, 6.45) is 0.183. The molecule has 150 valence electrons. The number of nitrogens with two attached hydrogens (primary N) is 1. The molecular formula is C22H25N5O2. The first kappa shape index (κ1) is 20.4. The SMILES string of the molecule is N#Cc1ccc(CN2CCN(C(=O)C[C@@H](NC(N)=O)c3ccccc3)CC2)cc1. The van der Waals surface area contributed by atoms with Gasteiger partial charge in [0.2, 0.25) is 5.91 Å². The van der Waals surface area contributed by atoms with Crippen LogP contribution in [0.4, 0.5) is 4.79 Å². The summed E-state index contributed by atoms with van der Waals surface area (Å²) < 4.78 is 0. The van der Waals surface area contributed by atoms with Crippen LogP contribution in [0, 0.1) is 11.3 Å². The maximum Gasteiger partial charge on any atom is 0.312 e. The van der Waals surface area contributed by atoms with E-state index in [0.29, 0.717) is 18.7 Å². The molecule has 3 rings (SSSR count). The Hall–Kier alpha value is -3.37. The molecule has 3 amide bonds. The van der Waals surface area contributed by atoms with Crippen molar-refractivity contribution in [2.24, 2.45) is 5.73 Å². The summed E-state index contributed by atoms with van der Waals surface area (Å²) in [5, 5.41) is 11.6. The molecule has 2 aromatic carbocycles. The van der Waals surface area contributed by atoms with Crippen LogP contribution in [0.25, 0.3) is 0 Å². The van der Waals surface area contributed by atoms with Crippen LogP contribution in [0.5, 0.6) is 0 Å². The number of amides is 3. The van der Waals surface area contributed by atoms with Gasteiger partial charge in [0.25, 0.3) is 0 Å². The number of hydrogen-bond acceptors (Lipinski definition) is 4. The smallest absolute Gasteiger partial charge is 0.312 e. The average molecular weight is 391 g/mol. The molecule has 1 heterocycles. The van der Waals surface area contributed by atoms with Gasteiger partial charge in [-0.1, -0.05) is 42.5 Å². The summed E-state index contributed by atoms with van der Waals surface area (Å²) in [5.74, 6) is 0.00521. The van der Waals surface area contributed by atoms with Crippen molar-refractivity contribution in [1.29, 1.82) is 5.26 Å². The van der Waals surface area contributed by atoms with Gasteiger partial charge in [0.1, 0.15) is 0 Å². The molecule has 2 aromatic rings. The maximum atomic E-state index is 12.8. The summed E-state index contributed by atoms with van der Waals surface area (Å²) in [6.45, 7) is 3.65. The Kier molecular flexibility index (Phi) is 6.82. The summed E-state index contributed by atoms with van der Waals surface area (Å²) in [4.78, 5) is 28.3. The number of carbonyl (C=O) groups is 2. The van der Waals surface area contributed by atoms with Crippen LogP contribution < -0.4 is 11.1 Å². The Morgan fingerprint density at radius 1 is 1.03 bits per heavy atom. The van der Waals surface area contributed by atoms with Gasteiger partial charge < -0.3 is 16.0 Å². The first-order valence-electron chi connectivity index (χ1n) is 9.65. The minimum absolute atomic E-state index is 0.00521. The molecule has 1 fully saturated rings. The van der Waals surface area contributed by atoms with Gasteiger partial charge in [0.15, 0.2) is 0 Å². The Morgan fingerprint density at radius 2 is 1.69 bits per heavy atom. The second-order valence-corrected chi connectivity index (χ2v) is 7.14. The number of piperazine rings is 1. The van der Waals surface area contributed by atoms with E-state index in [2.05, 4.69) is 16.3 Å². The van der Waals surface area contributed by atoms with E-state index in [0.717, 1.165) is 30.8 Å². The van der Waals surface area contributed by atoms with Crippen LogP contribution in [0.15, 0.2) is 54.6 Å². The summed E-state index contributed by atoms with van der Waals surface area (Å²) in [5.41, 5.74) is 7.96. The van der Waals surface area contributed by atoms with Crippen molar-refractivity contribution in [3.8, 4) is 6.07 Å². The minimum atomic E-state index is -0.640. The van der Waals surface area contributed by atoms with Crippen LogP contribution in [0.3, 0.4) is 0 Å². The van der Waals surface area contributed by atoms with E-state index in [4.69, 9.17) is 11.0 Å². The molecule has 0 aliphatic carbocycles. The highest BCUT2D eigenvalue weighted by Gasteiger charge is 2.25. The van der Waals surface area contributed by atoms with E-state index in [1.807, 2.05) is 59.5 Å². The molecule has 0 bridgehead atoms. The van der Waals surface area contributed by atoms with Gasteiger partial charge in [-0.05, 0) is 23.3 Å². The topological polar surface area (TPSA) is 102 Å². The van der Waals surface area contributed by atoms with Crippen LogP contribution >= 0.6 is 0 Å². The molecule has 7 heteroatoms. The number of urea groups is 1. The number of nitrogens with one attached hydrogen (secondary N) is 1. The van der Waals surface area contributed by atoms with Crippen LogP contribution in [-0.4, -0.2) is 47.9 Å². The lowest BCUT2D eigenvalue weighted by molar-refractivity contribution is -0.133. The third kappa shape index (κ3) is 5.80. The summed E-state index contributed by atoms with van der Waals surface area (Å²) in [6, 6.07) is 18.0. The van der Waals surface area contributed by atoms with Crippen molar-refractivity contribution in [2.45, 2.75) is 19.0 Å². The van der Waals surface area contributed by atoms with Gasteiger partial charge in [0.05, 0.1) is 24.1 Å². The van der Waals surface area contributed by atoms with Gasteiger partial charge in [-0.25, -0.2) is 4.79 Å². The van der Waals surface area contributed by atoms with Crippen LogP contribution in [0.1, 0.15) is 29.2 Å². The van der Waals surface area contributed by atoms with Crippen molar-refractivity contribution < 1.29 is 9.59 Å². The lowest BCUT2D eigenvalue weighted by Crippen LogP contribution is -2.49. The molecule has 3 N–H and O–H groups in total. The van der Waals surface area contributed by atoms with Gasteiger partial charge in [-0.3, -0.25) is 9.69 Å². The molecule has 0 radical (unpaired) electrons. The molecular weight excluding hydrogens is 366 g/mol. The van der Waals surface area contributed by atoms with Crippen molar-refractivity contribution in [1.82, 2.24) is 15.1 Å². The predicted molar refractivity (Wildman–Crippen MR) is 110 cm³/mol. The molecule has 1 aliphatic heterocycles. The minimum Gasteiger partial charge on any atom is -0.352 e. The Morgan fingerprint density at radius 3 is 2.28 bits per heavy atom. The number of nitrogens with zero attached hydrogens (tertiary/aromatic N) is 3. The number of rotatable bonds is 6. The molecule has 1 atom stereocenters. The molecule has 29 heavy (non-hydrogen) atoms. The van der Waals surface area contributed by atoms with Gasteiger partial charge in [0, 0.05) is 32.7 Å². The zero-order valence-corrected chi connectivity index (χ0v) is 16.3. The fourth-order valence-electron chi connectivity index (χ4n) is 3.51. The fourth-order valence-corrected chi connectivity index (χ4v) is 3.51. The van der Waals surface area contributed by atoms with E-state index in [1.165, 1.54) is 0 Å². The van der Waals surface area contributed by atoms with Crippen molar-refractivity contribution in [3.63, 3.8) is 0 Å². The Balaban J connectivity index is 1.53. The summed E-state index contributed by atoms with van der Waals surface area (Å²) >= 11 is 0. The maximum absolute atomic E-state index is 12.8. The third-order valence-electron chi connectivity index (χ3n) is 5.11. The molecule has 0 spiro atoms. The van der Waals surface area contributed by atoms with E-state index >= 15 is 0 Å². The molecule has 0 unspecified atom stereocenters. The fraction of sp³-hybridized carbons (Fsp3) is 0.318. The van der Waals surface area contributed by atoms with Crippen molar-refractivity contribution >= 4 is 11.9 Å². The quantitative estimate of drug-likeness (QED) is 0.786. The van der Waals surface area contributed by atoms with E-state index in [-0.39, 0.29) is 12.3 Å². The van der Waals surface area contributed by atoms with Crippen LogP contribution in [-0.2, 0) is 11.3 Å². The van der Waals surface area contributed by atoms with Gasteiger partial charge in [-0.2, -0.15) is 5.26 Å². The second kappa shape index (κ2) is 9.71. The molecule has 7 nitrogen and oxygen atoms in total. The highest BCUT2D eigenvalue weighted by molar-refractivity contribution is 5.79. The summed E-state index contributed by atoms with van der Waals surface area (Å²) in [7, 11) is 0. The van der Waals surface area contributed by atoms with Crippen LogP contribution in [0.2, 0.25) is 0 Å². The van der Waals surface area contributed by atoms with E-state index in [1.54, 1.807) is 0 Å². The highest BCUT2D eigenvalue weighted by Crippen LogP contribution is 2.19. The number of nitriles is 1. The number of hydrogen-bond donors (Lipinski definition) is 2. The lowest BCUT2D eigenvalue weighted by Gasteiger charge is -2.35. The zero-order valence-electron chi connectivity index (χ0n) is 16.3. The van der Waals surface area contributed by atoms with E-state index in [9.17, 15) is 9.59 Å². The third-order valence-corrected chi connectivity index (χ3v) is 5.11. The molecule has 1 aliphatic rings. The molecule has 1 saturated heterocycles. The van der Waals surface area contributed by atoms with Crippen molar-refractivity contribution in [3.05, 3.63) is 71.3 Å². The zero-order chi connectivity index (χ0) is 20.6. The predicted octanol–water partition coefficient (Wildman–Crippen LogP) is 2.00. The monoisotopic (exact) mass is 391 g/mol. The number of primary amides is 1. The Labute approximate surface area is 170 Å². The first-order chi connectivity index (χ1) is 14.0. The molecule has 0 aromatic heterocycles. The Bertz CT molecular complexity index is 868. The van der Waals surface area contributed by atoms with Gasteiger partial charge in [-0.15, -0.1) is 0 Å². The standard InChI is InChI=1S/C22H25N5O2/c23-15-17-6-8-18(9-7-17)16-26-10-12-27(13-11-26)21(28)14-20(25-22(24)29)19-4-2-1-3-5-19/h1-9,20H,10-14,16H2,(H3,24,25,29)/t20-/m1/s1. The second-order valence-electron chi connectivity index (χ2n) is 7.14. The normalized spacial score (nSPS) is 15.3. The highest BCUT2D eigenvalue weighted by atomic mass is 16.2. The molecule has 0 saturated carbocycles. The number of carbonyl (C=O) groups excluding carboxylic acids is 2. The van der Waals surface area contributed by atoms with E-state index < -0.39 is 12.1 Å². The largest absolute Gasteiger partial charge is 0.352 e. The lowest BCUT2D eigenvalue weighted by atomic mass is 10.0. The number of benzene rings is 2. The van der Waals surface area contributed by atoms with Crippen molar-refractivity contribution in [2.75, 3.05) is 26.2 Å². The van der Waals surface area contributed by atoms with Gasteiger partial charge >= 0.3 is 6.03 Å². The average Bonchev–Trinajstić information content (AvgIpc) is 2.74.